The highest BCUT2D eigenvalue weighted by Crippen LogP contribution is 2.17. The third-order valence-electron chi connectivity index (χ3n) is 2.08. The van der Waals surface area contributed by atoms with Gasteiger partial charge in [0.2, 0.25) is 0 Å². The molecule has 0 fully saturated rings. The molecule has 0 radical (unpaired) electrons. The molecule has 0 heterocycles. The number of benzene rings is 1. The van der Waals surface area contributed by atoms with Gasteiger partial charge in [0.15, 0.2) is 0 Å². The Morgan fingerprint density at radius 3 is 2.43 bits per heavy atom. The van der Waals surface area contributed by atoms with Crippen LogP contribution in [0.3, 0.4) is 0 Å². The molecule has 0 amide bonds. The Balaban J connectivity index is 2.65. The van der Waals surface area contributed by atoms with Gasteiger partial charge in [0, 0.05) is 11.1 Å². The number of rotatable bonds is 3. The molecule has 1 atom stereocenters. The monoisotopic (exact) mass is 209 g/mol. The van der Waals surface area contributed by atoms with E-state index in [2.05, 4.69) is 19.9 Å². The minimum atomic E-state index is 0.0715. The topological polar surface area (TPSA) is 26.0 Å². The van der Waals surface area contributed by atoms with Gasteiger partial charge >= 0.3 is 0 Å². The van der Waals surface area contributed by atoms with Crippen LogP contribution < -0.4 is 5.73 Å². The van der Waals surface area contributed by atoms with Gasteiger partial charge in [-0.1, -0.05) is 35.4 Å². The molecule has 1 aromatic carbocycles. The average molecular weight is 210 g/mol. The molecular weight excluding hydrogens is 194 g/mol. The molecule has 14 heavy (non-hydrogen) atoms. The summed E-state index contributed by atoms with van der Waals surface area (Å²) >= 11 is 5.79. The summed E-state index contributed by atoms with van der Waals surface area (Å²) in [5, 5.41) is 0.753. The molecule has 76 valence electrons. The maximum absolute atomic E-state index is 6.01. The Morgan fingerprint density at radius 2 is 1.93 bits per heavy atom. The molecule has 2 heteroatoms. The molecule has 0 saturated carbocycles. The van der Waals surface area contributed by atoms with E-state index < -0.39 is 0 Å². The molecule has 0 bridgehead atoms. The smallest absolute Gasteiger partial charge is 0.0406 e. The molecule has 0 aliphatic heterocycles. The first-order valence-corrected chi connectivity index (χ1v) is 5.12. The zero-order valence-electron chi connectivity index (χ0n) is 8.63. The van der Waals surface area contributed by atoms with Crippen molar-refractivity contribution in [2.45, 2.75) is 26.3 Å². The lowest BCUT2D eigenvalue weighted by Gasteiger charge is -2.09. The standard InChI is InChI=1S/C12H16ClN/c1-9(2)3-8-12(14)10-4-6-11(13)7-5-10/h3-7,12H,8,14H2,1-2H3/t12-/m0/s1. The van der Waals surface area contributed by atoms with Crippen LogP contribution in [0.1, 0.15) is 31.9 Å². The first kappa shape index (κ1) is 11.3. The minimum absolute atomic E-state index is 0.0715. The van der Waals surface area contributed by atoms with Gasteiger partial charge in [-0.25, -0.2) is 0 Å². The van der Waals surface area contributed by atoms with Crippen LogP contribution in [0.4, 0.5) is 0 Å². The molecule has 0 unspecified atom stereocenters. The predicted molar refractivity (Wildman–Crippen MR) is 62.4 cm³/mol. The van der Waals surface area contributed by atoms with E-state index in [0.717, 1.165) is 17.0 Å². The lowest BCUT2D eigenvalue weighted by molar-refractivity contribution is 0.737. The fourth-order valence-electron chi connectivity index (χ4n) is 1.21. The summed E-state index contributed by atoms with van der Waals surface area (Å²) in [6, 6.07) is 7.78. The summed E-state index contributed by atoms with van der Waals surface area (Å²) in [6.45, 7) is 4.16. The molecule has 0 saturated heterocycles. The molecule has 1 aromatic rings. The molecule has 1 rings (SSSR count). The van der Waals surface area contributed by atoms with Crippen LogP contribution in [0.15, 0.2) is 35.9 Å². The minimum Gasteiger partial charge on any atom is -0.324 e. The van der Waals surface area contributed by atoms with Crippen molar-refractivity contribution in [1.29, 1.82) is 0 Å². The van der Waals surface area contributed by atoms with Crippen molar-refractivity contribution < 1.29 is 0 Å². The van der Waals surface area contributed by atoms with Gasteiger partial charge in [-0.15, -0.1) is 0 Å². The maximum atomic E-state index is 6.01. The van der Waals surface area contributed by atoms with Crippen molar-refractivity contribution in [3.63, 3.8) is 0 Å². The second-order valence-corrected chi connectivity index (χ2v) is 4.11. The molecule has 2 N–H and O–H groups in total. The van der Waals surface area contributed by atoms with E-state index in [-0.39, 0.29) is 6.04 Å². The molecule has 1 nitrogen and oxygen atoms in total. The molecular formula is C12H16ClN. The molecule has 0 aliphatic rings. The van der Waals surface area contributed by atoms with Gasteiger partial charge in [0.05, 0.1) is 0 Å². The fraction of sp³-hybridized carbons (Fsp3) is 0.333. The van der Waals surface area contributed by atoms with Crippen LogP contribution in [-0.2, 0) is 0 Å². The number of nitrogens with two attached hydrogens (primary N) is 1. The maximum Gasteiger partial charge on any atom is 0.0406 e. The second-order valence-electron chi connectivity index (χ2n) is 3.68. The normalized spacial score (nSPS) is 12.3. The Labute approximate surface area is 90.6 Å². The van der Waals surface area contributed by atoms with Gasteiger partial charge < -0.3 is 5.73 Å². The van der Waals surface area contributed by atoms with Crippen molar-refractivity contribution in [2.75, 3.05) is 0 Å². The molecule has 0 aromatic heterocycles. The van der Waals surface area contributed by atoms with E-state index in [1.165, 1.54) is 5.57 Å². The zero-order chi connectivity index (χ0) is 10.6. The van der Waals surface area contributed by atoms with Gasteiger partial charge in [0.25, 0.3) is 0 Å². The fourth-order valence-corrected chi connectivity index (χ4v) is 1.33. The van der Waals surface area contributed by atoms with Crippen LogP contribution >= 0.6 is 11.6 Å². The van der Waals surface area contributed by atoms with Gasteiger partial charge in [0.1, 0.15) is 0 Å². The van der Waals surface area contributed by atoms with Crippen molar-refractivity contribution in [3.05, 3.63) is 46.5 Å². The third kappa shape index (κ3) is 3.52. The van der Waals surface area contributed by atoms with Crippen LogP contribution in [0, 0.1) is 0 Å². The number of hydrogen-bond acceptors (Lipinski definition) is 1. The Kier molecular flexibility index (Phi) is 4.18. The number of allylic oxidation sites excluding steroid dienone is 1. The summed E-state index contributed by atoms with van der Waals surface area (Å²) < 4.78 is 0. The summed E-state index contributed by atoms with van der Waals surface area (Å²) in [7, 11) is 0. The summed E-state index contributed by atoms with van der Waals surface area (Å²) in [5.74, 6) is 0. The highest BCUT2D eigenvalue weighted by molar-refractivity contribution is 6.30. The van der Waals surface area contributed by atoms with E-state index in [1.807, 2.05) is 24.3 Å². The number of halogens is 1. The highest BCUT2D eigenvalue weighted by atomic mass is 35.5. The zero-order valence-corrected chi connectivity index (χ0v) is 9.38. The van der Waals surface area contributed by atoms with Crippen molar-refractivity contribution in [2.24, 2.45) is 5.73 Å². The lowest BCUT2D eigenvalue weighted by Crippen LogP contribution is -2.08. The van der Waals surface area contributed by atoms with Gasteiger partial charge in [-0.3, -0.25) is 0 Å². The van der Waals surface area contributed by atoms with Crippen molar-refractivity contribution >= 4 is 11.6 Å². The lowest BCUT2D eigenvalue weighted by atomic mass is 10.0. The SMILES string of the molecule is CC(C)=CC[C@H](N)c1ccc(Cl)cc1. The summed E-state index contributed by atoms with van der Waals surface area (Å²) in [4.78, 5) is 0. The van der Waals surface area contributed by atoms with E-state index in [9.17, 15) is 0 Å². The van der Waals surface area contributed by atoms with Crippen LogP contribution in [0.2, 0.25) is 5.02 Å². The van der Waals surface area contributed by atoms with E-state index in [4.69, 9.17) is 17.3 Å². The Morgan fingerprint density at radius 1 is 1.36 bits per heavy atom. The summed E-state index contributed by atoms with van der Waals surface area (Å²) in [6.07, 6.45) is 3.03. The van der Waals surface area contributed by atoms with Gasteiger partial charge in [-0.2, -0.15) is 0 Å². The first-order valence-electron chi connectivity index (χ1n) is 4.74. The van der Waals surface area contributed by atoms with Crippen molar-refractivity contribution in [1.82, 2.24) is 0 Å². The Bertz CT molecular complexity index is 310. The van der Waals surface area contributed by atoms with Crippen molar-refractivity contribution in [3.8, 4) is 0 Å². The number of hydrogen-bond donors (Lipinski definition) is 1. The second kappa shape index (κ2) is 5.18. The van der Waals surface area contributed by atoms with Crippen LogP contribution in [-0.4, -0.2) is 0 Å². The van der Waals surface area contributed by atoms with E-state index in [1.54, 1.807) is 0 Å². The predicted octanol–water partition coefficient (Wildman–Crippen LogP) is 3.70. The Hall–Kier alpha value is -0.790. The molecule has 0 spiro atoms. The van der Waals surface area contributed by atoms with E-state index in [0.29, 0.717) is 0 Å². The largest absolute Gasteiger partial charge is 0.324 e. The third-order valence-corrected chi connectivity index (χ3v) is 2.33. The van der Waals surface area contributed by atoms with Gasteiger partial charge in [-0.05, 0) is 38.0 Å². The highest BCUT2D eigenvalue weighted by Gasteiger charge is 2.03. The summed E-state index contributed by atoms with van der Waals surface area (Å²) in [5.41, 5.74) is 8.44. The molecule has 0 aliphatic carbocycles. The quantitative estimate of drug-likeness (QED) is 0.755. The average Bonchev–Trinajstić information content (AvgIpc) is 2.15. The van der Waals surface area contributed by atoms with Crippen LogP contribution in [0.5, 0.6) is 0 Å². The first-order chi connectivity index (χ1) is 6.59. The van der Waals surface area contributed by atoms with E-state index >= 15 is 0 Å². The van der Waals surface area contributed by atoms with Crippen LogP contribution in [0.25, 0.3) is 0 Å².